The molecule has 0 aliphatic heterocycles. The van der Waals surface area contributed by atoms with Crippen LogP contribution in [-0.4, -0.2) is 12.5 Å². The van der Waals surface area contributed by atoms with Gasteiger partial charge in [0.1, 0.15) is 5.75 Å². The maximum Gasteiger partial charge on any atom is 0.224 e. The van der Waals surface area contributed by atoms with E-state index in [0.717, 1.165) is 30.0 Å². The van der Waals surface area contributed by atoms with Gasteiger partial charge in [-0.25, -0.2) is 0 Å². The first-order chi connectivity index (χ1) is 12.2. The van der Waals surface area contributed by atoms with Gasteiger partial charge in [-0.05, 0) is 48.7 Å². The molecular formula is C21H26ClNO2. The molecule has 0 fully saturated rings. The number of hydrogen-bond acceptors (Lipinski definition) is 2. The summed E-state index contributed by atoms with van der Waals surface area (Å²) in [5.41, 5.74) is 1.77. The highest BCUT2D eigenvalue weighted by molar-refractivity contribution is 6.31. The van der Waals surface area contributed by atoms with Crippen molar-refractivity contribution in [1.82, 2.24) is 0 Å². The number of amides is 1. The number of anilines is 1. The fourth-order valence-electron chi connectivity index (χ4n) is 2.53. The fraction of sp³-hybridized carbons (Fsp3) is 0.381. The summed E-state index contributed by atoms with van der Waals surface area (Å²) in [5, 5.41) is 3.61. The van der Waals surface area contributed by atoms with Crippen molar-refractivity contribution < 1.29 is 9.53 Å². The Morgan fingerprint density at radius 1 is 1.04 bits per heavy atom. The molecule has 0 aromatic heterocycles. The van der Waals surface area contributed by atoms with Gasteiger partial charge in [-0.2, -0.15) is 0 Å². The lowest BCUT2D eigenvalue weighted by Gasteiger charge is -2.09. The van der Waals surface area contributed by atoms with E-state index in [9.17, 15) is 4.79 Å². The van der Waals surface area contributed by atoms with Crippen molar-refractivity contribution >= 4 is 23.2 Å². The van der Waals surface area contributed by atoms with Gasteiger partial charge in [-0.15, -0.1) is 0 Å². The molecule has 0 heterocycles. The van der Waals surface area contributed by atoms with Crippen molar-refractivity contribution in [2.24, 2.45) is 0 Å². The second-order valence-electron chi connectivity index (χ2n) is 6.07. The molecule has 0 radical (unpaired) electrons. The number of ether oxygens (including phenoxy) is 1. The Hall–Kier alpha value is -2.00. The monoisotopic (exact) mass is 359 g/mol. The summed E-state index contributed by atoms with van der Waals surface area (Å²) in [6.45, 7) is 2.94. The first-order valence-electron chi connectivity index (χ1n) is 8.95. The molecule has 25 heavy (non-hydrogen) atoms. The predicted molar refractivity (Wildman–Crippen MR) is 104 cm³/mol. The molecule has 1 amide bonds. The number of benzene rings is 2. The summed E-state index contributed by atoms with van der Waals surface area (Å²) in [6, 6.07) is 15.1. The second-order valence-corrected chi connectivity index (χ2v) is 6.48. The normalized spacial score (nSPS) is 10.5. The molecule has 2 rings (SSSR count). The Labute approximate surface area is 155 Å². The van der Waals surface area contributed by atoms with Gasteiger partial charge in [0.05, 0.1) is 6.61 Å². The molecule has 4 heteroatoms. The quantitative estimate of drug-likeness (QED) is 0.538. The van der Waals surface area contributed by atoms with Gasteiger partial charge in [-0.1, -0.05) is 56.0 Å². The van der Waals surface area contributed by atoms with Crippen molar-refractivity contribution in [3.8, 4) is 5.75 Å². The van der Waals surface area contributed by atoms with Crippen molar-refractivity contribution in [2.45, 2.75) is 45.4 Å². The van der Waals surface area contributed by atoms with Crippen LogP contribution in [0.1, 0.15) is 44.6 Å². The molecule has 0 unspecified atom stereocenters. The van der Waals surface area contributed by atoms with Gasteiger partial charge in [0.2, 0.25) is 5.91 Å². The van der Waals surface area contributed by atoms with Gasteiger partial charge in [-0.3, -0.25) is 4.79 Å². The largest absolute Gasteiger partial charge is 0.494 e. The topological polar surface area (TPSA) is 38.3 Å². The Morgan fingerprint density at radius 3 is 2.52 bits per heavy atom. The summed E-state index contributed by atoms with van der Waals surface area (Å²) >= 11 is 6.11. The van der Waals surface area contributed by atoms with Crippen molar-refractivity contribution in [1.29, 1.82) is 0 Å². The van der Waals surface area contributed by atoms with Gasteiger partial charge in [0.15, 0.2) is 0 Å². The maximum absolute atomic E-state index is 12.1. The van der Waals surface area contributed by atoms with Gasteiger partial charge in [0, 0.05) is 17.1 Å². The van der Waals surface area contributed by atoms with Crippen molar-refractivity contribution in [2.75, 3.05) is 11.9 Å². The number of carbonyl (C=O) groups excluding carboxylic acids is 1. The van der Waals surface area contributed by atoms with Crippen LogP contribution in [0.2, 0.25) is 5.02 Å². The van der Waals surface area contributed by atoms with Crippen LogP contribution in [0.25, 0.3) is 0 Å². The van der Waals surface area contributed by atoms with E-state index in [1.165, 1.54) is 19.3 Å². The molecule has 3 nitrogen and oxygen atoms in total. The minimum atomic E-state index is -0.0202. The number of nitrogens with one attached hydrogen (secondary N) is 1. The van der Waals surface area contributed by atoms with E-state index >= 15 is 0 Å². The van der Waals surface area contributed by atoms with E-state index in [1.54, 1.807) is 0 Å². The van der Waals surface area contributed by atoms with E-state index in [-0.39, 0.29) is 5.91 Å². The van der Waals surface area contributed by atoms with E-state index < -0.39 is 0 Å². The second kappa shape index (κ2) is 10.8. The first-order valence-corrected chi connectivity index (χ1v) is 9.33. The van der Waals surface area contributed by atoms with Crippen LogP contribution in [0.15, 0.2) is 48.5 Å². The minimum absolute atomic E-state index is 0.0202. The Morgan fingerprint density at radius 2 is 1.80 bits per heavy atom. The van der Waals surface area contributed by atoms with Crippen molar-refractivity contribution in [3.05, 3.63) is 59.1 Å². The molecule has 0 aliphatic rings. The zero-order chi connectivity index (χ0) is 17.9. The molecule has 1 N–H and O–H groups in total. The smallest absolute Gasteiger partial charge is 0.224 e. The lowest BCUT2D eigenvalue weighted by atomic mass is 10.1. The third-order valence-corrected chi connectivity index (χ3v) is 4.35. The number of aryl methyl sites for hydroxylation is 1. The highest BCUT2D eigenvalue weighted by Gasteiger charge is 2.05. The zero-order valence-corrected chi connectivity index (χ0v) is 15.5. The third kappa shape index (κ3) is 7.18. The molecule has 0 saturated heterocycles. The van der Waals surface area contributed by atoms with Gasteiger partial charge in [0.25, 0.3) is 0 Å². The Balaban J connectivity index is 1.73. The summed E-state index contributed by atoms with van der Waals surface area (Å²) in [7, 11) is 0. The molecule has 2 aromatic rings. The molecule has 0 spiro atoms. The summed E-state index contributed by atoms with van der Waals surface area (Å²) in [4.78, 5) is 12.1. The van der Waals surface area contributed by atoms with E-state index in [1.807, 2.05) is 48.5 Å². The first kappa shape index (κ1) is 19.3. The third-order valence-electron chi connectivity index (χ3n) is 3.98. The SMILES string of the molecule is CCCCCCOc1ccc(NC(=O)CCc2ccccc2Cl)cc1. The van der Waals surface area contributed by atoms with E-state index in [2.05, 4.69) is 12.2 Å². The van der Waals surface area contributed by atoms with Crippen LogP contribution in [0.5, 0.6) is 5.75 Å². The molecule has 134 valence electrons. The van der Waals surface area contributed by atoms with E-state index in [0.29, 0.717) is 17.9 Å². The molecule has 0 saturated carbocycles. The minimum Gasteiger partial charge on any atom is -0.494 e. The molecule has 2 aromatic carbocycles. The van der Waals surface area contributed by atoms with Gasteiger partial charge < -0.3 is 10.1 Å². The predicted octanol–water partition coefficient (Wildman–Crippen LogP) is 5.87. The van der Waals surface area contributed by atoms with Gasteiger partial charge >= 0.3 is 0 Å². The Bertz CT molecular complexity index is 655. The Kier molecular flexibility index (Phi) is 8.33. The average Bonchev–Trinajstić information content (AvgIpc) is 2.62. The lowest BCUT2D eigenvalue weighted by molar-refractivity contribution is -0.116. The average molecular weight is 360 g/mol. The number of rotatable bonds is 10. The highest BCUT2D eigenvalue weighted by atomic mass is 35.5. The summed E-state index contributed by atoms with van der Waals surface area (Å²) in [6.07, 6.45) is 5.79. The number of carbonyl (C=O) groups is 1. The fourth-order valence-corrected chi connectivity index (χ4v) is 2.76. The van der Waals surface area contributed by atoms with Crippen LogP contribution in [0, 0.1) is 0 Å². The molecule has 0 bridgehead atoms. The van der Waals surface area contributed by atoms with Crippen molar-refractivity contribution in [3.63, 3.8) is 0 Å². The van der Waals surface area contributed by atoms with E-state index in [4.69, 9.17) is 16.3 Å². The zero-order valence-electron chi connectivity index (χ0n) is 14.8. The molecular weight excluding hydrogens is 334 g/mol. The number of unbranched alkanes of at least 4 members (excludes halogenated alkanes) is 3. The lowest BCUT2D eigenvalue weighted by Crippen LogP contribution is -2.12. The summed E-state index contributed by atoms with van der Waals surface area (Å²) in [5.74, 6) is 0.818. The number of halogens is 1. The van der Waals surface area contributed by atoms with Crippen LogP contribution < -0.4 is 10.1 Å². The number of hydrogen-bond donors (Lipinski definition) is 1. The molecule has 0 atom stereocenters. The van der Waals surface area contributed by atoms with Crippen LogP contribution in [0.3, 0.4) is 0 Å². The standard InChI is InChI=1S/C21H26ClNO2/c1-2-3-4-7-16-25-19-13-11-18(12-14-19)23-21(24)15-10-17-8-5-6-9-20(17)22/h5-6,8-9,11-14H,2-4,7,10,15-16H2,1H3,(H,23,24). The maximum atomic E-state index is 12.1. The van der Waals surface area contributed by atoms with Crippen LogP contribution in [-0.2, 0) is 11.2 Å². The highest BCUT2D eigenvalue weighted by Crippen LogP contribution is 2.18. The van der Waals surface area contributed by atoms with Crippen LogP contribution >= 0.6 is 11.6 Å². The summed E-state index contributed by atoms with van der Waals surface area (Å²) < 4.78 is 5.70. The van der Waals surface area contributed by atoms with Crippen LogP contribution in [0.4, 0.5) is 5.69 Å². The molecule has 0 aliphatic carbocycles.